The molecule has 1 heterocycles. The van der Waals surface area contributed by atoms with E-state index in [0.29, 0.717) is 30.5 Å². The van der Waals surface area contributed by atoms with Crippen LogP contribution in [0, 0.1) is 5.92 Å². The lowest BCUT2D eigenvalue weighted by molar-refractivity contribution is -0.122. The van der Waals surface area contributed by atoms with Crippen LogP contribution in [0.15, 0.2) is 48.5 Å². The van der Waals surface area contributed by atoms with Crippen molar-refractivity contribution >= 4 is 23.2 Å². The summed E-state index contributed by atoms with van der Waals surface area (Å²) in [5, 5.41) is 2.94. The van der Waals surface area contributed by atoms with Gasteiger partial charge in [-0.05, 0) is 43.0 Å². The van der Waals surface area contributed by atoms with Gasteiger partial charge in [-0.1, -0.05) is 44.2 Å². The second-order valence-corrected chi connectivity index (χ2v) is 7.19. The molecule has 0 aromatic heterocycles. The van der Waals surface area contributed by atoms with Gasteiger partial charge in [0.1, 0.15) is 5.75 Å². The quantitative estimate of drug-likeness (QED) is 0.764. The maximum absolute atomic E-state index is 12.8. The molecule has 1 fully saturated rings. The van der Waals surface area contributed by atoms with Crippen molar-refractivity contribution in [2.75, 3.05) is 23.4 Å². The lowest BCUT2D eigenvalue weighted by Crippen LogP contribution is -2.29. The van der Waals surface area contributed by atoms with Gasteiger partial charge in [-0.3, -0.25) is 9.59 Å². The first-order valence-electron chi connectivity index (χ1n) is 9.97. The topological polar surface area (TPSA) is 58.6 Å². The highest BCUT2D eigenvalue weighted by Gasteiger charge is 2.36. The number of hydrogen-bond acceptors (Lipinski definition) is 3. The Kier molecular flexibility index (Phi) is 6.34. The van der Waals surface area contributed by atoms with E-state index < -0.39 is 0 Å². The Labute approximate surface area is 166 Å². The zero-order chi connectivity index (χ0) is 20.1. The van der Waals surface area contributed by atoms with Gasteiger partial charge < -0.3 is 15.0 Å². The molecule has 2 amide bonds. The van der Waals surface area contributed by atoms with Crippen molar-refractivity contribution in [1.29, 1.82) is 0 Å². The largest absolute Gasteiger partial charge is 0.492 e. The first kappa shape index (κ1) is 19.9. The summed E-state index contributed by atoms with van der Waals surface area (Å²) in [6.45, 7) is 7.12. The smallest absolute Gasteiger partial charge is 0.229 e. The van der Waals surface area contributed by atoms with Gasteiger partial charge in [-0.2, -0.15) is 0 Å². The average Bonchev–Trinajstić information content (AvgIpc) is 3.10. The van der Waals surface area contributed by atoms with Crippen LogP contribution in [-0.4, -0.2) is 25.0 Å². The van der Waals surface area contributed by atoms with Crippen LogP contribution in [0.25, 0.3) is 0 Å². The van der Waals surface area contributed by atoms with Crippen molar-refractivity contribution in [3.8, 4) is 5.75 Å². The van der Waals surface area contributed by atoms with Gasteiger partial charge >= 0.3 is 0 Å². The van der Waals surface area contributed by atoms with Crippen molar-refractivity contribution in [3.05, 3.63) is 54.1 Å². The predicted octanol–water partition coefficient (Wildman–Crippen LogP) is 4.59. The van der Waals surface area contributed by atoms with Crippen molar-refractivity contribution in [2.45, 2.75) is 39.5 Å². The Balaban J connectivity index is 1.76. The minimum absolute atomic E-state index is 0.00556. The van der Waals surface area contributed by atoms with Crippen LogP contribution in [0.4, 0.5) is 11.4 Å². The van der Waals surface area contributed by atoms with Gasteiger partial charge in [0.05, 0.1) is 18.2 Å². The van der Waals surface area contributed by atoms with Crippen LogP contribution in [0.3, 0.4) is 0 Å². The molecular weight excluding hydrogens is 352 g/mol. The molecule has 0 unspecified atom stereocenters. The Morgan fingerprint density at radius 3 is 2.64 bits per heavy atom. The third kappa shape index (κ3) is 4.19. The van der Waals surface area contributed by atoms with Crippen molar-refractivity contribution in [3.63, 3.8) is 0 Å². The Morgan fingerprint density at radius 1 is 1.18 bits per heavy atom. The average molecular weight is 380 g/mol. The van der Waals surface area contributed by atoms with Crippen molar-refractivity contribution < 1.29 is 14.3 Å². The molecule has 0 saturated carbocycles. The van der Waals surface area contributed by atoms with E-state index >= 15 is 0 Å². The third-order valence-corrected chi connectivity index (χ3v) is 5.31. The first-order valence-corrected chi connectivity index (χ1v) is 9.97. The molecule has 148 valence electrons. The van der Waals surface area contributed by atoms with E-state index in [-0.39, 0.29) is 24.2 Å². The Bertz CT molecular complexity index is 849. The van der Waals surface area contributed by atoms with Crippen LogP contribution in [-0.2, 0) is 9.59 Å². The fraction of sp³-hybridized carbons (Fsp3) is 0.391. The molecular formula is C23H28N2O3. The SMILES string of the molecule is CCOc1ccccc1NC(=O)[C@H]1CC(=O)N(c2ccccc2[C@@H](C)CC)C1. The van der Waals surface area contributed by atoms with E-state index in [1.165, 1.54) is 0 Å². The zero-order valence-electron chi connectivity index (χ0n) is 16.8. The van der Waals surface area contributed by atoms with E-state index in [1.54, 1.807) is 4.90 Å². The van der Waals surface area contributed by atoms with E-state index in [1.807, 2.05) is 49.4 Å². The standard InChI is InChI=1S/C23H28N2O3/c1-4-16(3)18-10-6-8-12-20(18)25-15-17(14-22(25)26)23(27)24-19-11-7-9-13-21(19)28-5-2/h6-13,16-17H,4-5,14-15H2,1-3H3,(H,24,27)/t16-,17-/m0/s1. The molecule has 0 aliphatic carbocycles. The number of ether oxygens (including phenoxy) is 1. The molecule has 3 rings (SSSR count). The molecule has 2 aromatic rings. The van der Waals surface area contributed by atoms with Gasteiger partial charge in [-0.15, -0.1) is 0 Å². The molecule has 2 atom stereocenters. The highest BCUT2D eigenvalue weighted by atomic mass is 16.5. The first-order chi connectivity index (χ1) is 13.5. The Morgan fingerprint density at radius 2 is 1.89 bits per heavy atom. The highest BCUT2D eigenvalue weighted by Crippen LogP contribution is 2.34. The molecule has 0 bridgehead atoms. The molecule has 1 aliphatic heterocycles. The lowest BCUT2D eigenvalue weighted by atomic mass is 9.96. The monoisotopic (exact) mass is 380 g/mol. The molecule has 0 radical (unpaired) electrons. The number of amides is 2. The van der Waals surface area contributed by atoms with E-state index in [9.17, 15) is 9.59 Å². The summed E-state index contributed by atoms with van der Waals surface area (Å²) in [5.41, 5.74) is 2.72. The lowest BCUT2D eigenvalue weighted by Gasteiger charge is -2.23. The number of nitrogens with zero attached hydrogens (tertiary/aromatic N) is 1. The molecule has 5 heteroatoms. The number of benzene rings is 2. The number of carbonyl (C=O) groups excluding carboxylic acids is 2. The zero-order valence-corrected chi connectivity index (χ0v) is 16.8. The summed E-state index contributed by atoms with van der Waals surface area (Å²) in [7, 11) is 0. The summed E-state index contributed by atoms with van der Waals surface area (Å²) in [6.07, 6.45) is 1.22. The van der Waals surface area contributed by atoms with Crippen molar-refractivity contribution in [1.82, 2.24) is 0 Å². The maximum atomic E-state index is 12.8. The minimum Gasteiger partial charge on any atom is -0.492 e. The number of hydrogen-bond donors (Lipinski definition) is 1. The summed E-state index contributed by atoms with van der Waals surface area (Å²) < 4.78 is 5.57. The van der Waals surface area contributed by atoms with Gasteiger partial charge in [-0.25, -0.2) is 0 Å². The van der Waals surface area contributed by atoms with Gasteiger partial charge in [0.2, 0.25) is 11.8 Å². The molecule has 1 aliphatic rings. The van der Waals surface area contributed by atoms with Crippen molar-refractivity contribution in [2.24, 2.45) is 5.92 Å². The van der Waals surface area contributed by atoms with Gasteiger partial charge in [0.15, 0.2) is 0 Å². The van der Waals surface area contributed by atoms with Gasteiger partial charge in [0, 0.05) is 18.7 Å². The maximum Gasteiger partial charge on any atom is 0.229 e. The number of carbonyl (C=O) groups is 2. The van der Waals surface area contributed by atoms with Crippen LogP contribution in [0.2, 0.25) is 0 Å². The molecule has 5 nitrogen and oxygen atoms in total. The third-order valence-electron chi connectivity index (χ3n) is 5.31. The molecule has 2 aromatic carbocycles. The molecule has 1 N–H and O–H groups in total. The summed E-state index contributed by atoms with van der Waals surface area (Å²) in [5.74, 6) is 0.460. The molecule has 0 spiro atoms. The fourth-order valence-electron chi connectivity index (χ4n) is 3.57. The number of para-hydroxylation sites is 3. The predicted molar refractivity (Wildman–Crippen MR) is 112 cm³/mol. The van der Waals surface area contributed by atoms with Crippen LogP contribution < -0.4 is 15.0 Å². The summed E-state index contributed by atoms with van der Waals surface area (Å²) >= 11 is 0. The Hall–Kier alpha value is -2.82. The normalized spacial score (nSPS) is 17.5. The number of nitrogens with one attached hydrogen (secondary N) is 1. The minimum atomic E-state index is -0.382. The van der Waals surface area contributed by atoms with Crippen LogP contribution in [0.5, 0.6) is 5.75 Å². The number of rotatable bonds is 7. The van der Waals surface area contributed by atoms with Crippen LogP contribution in [0.1, 0.15) is 45.1 Å². The van der Waals surface area contributed by atoms with E-state index in [2.05, 4.69) is 25.2 Å². The summed E-state index contributed by atoms with van der Waals surface area (Å²) in [6, 6.07) is 15.4. The second-order valence-electron chi connectivity index (χ2n) is 7.19. The number of anilines is 2. The van der Waals surface area contributed by atoms with Gasteiger partial charge in [0.25, 0.3) is 0 Å². The fourth-order valence-corrected chi connectivity index (χ4v) is 3.57. The van der Waals surface area contributed by atoms with E-state index in [4.69, 9.17) is 4.74 Å². The van der Waals surface area contributed by atoms with E-state index in [0.717, 1.165) is 17.7 Å². The van der Waals surface area contributed by atoms with Crippen LogP contribution >= 0.6 is 0 Å². The summed E-state index contributed by atoms with van der Waals surface area (Å²) in [4.78, 5) is 27.3. The molecule has 28 heavy (non-hydrogen) atoms. The second kappa shape index (κ2) is 8.91. The highest BCUT2D eigenvalue weighted by molar-refractivity contribution is 6.04. The molecule has 1 saturated heterocycles.